The van der Waals surface area contributed by atoms with E-state index in [1.54, 1.807) is 11.3 Å². The molecule has 1 N–H and O–H groups in total. The van der Waals surface area contributed by atoms with Gasteiger partial charge in [-0.05, 0) is 24.3 Å². The maximum absolute atomic E-state index is 4.91. The van der Waals surface area contributed by atoms with Crippen LogP contribution < -0.4 is 5.32 Å². The molecule has 4 heteroatoms. The molecule has 0 saturated heterocycles. The fourth-order valence-electron chi connectivity index (χ4n) is 2.33. The monoisotopic (exact) mass is 312 g/mol. The summed E-state index contributed by atoms with van der Waals surface area (Å²) in [5, 5.41) is 9.03. The van der Waals surface area contributed by atoms with Crippen LogP contribution in [-0.2, 0) is 6.54 Å². The lowest BCUT2D eigenvalue weighted by Crippen LogP contribution is -2.14. The maximum Gasteiger partial charge on any atom is 0.125 e. The van der Waals surface area contributed by atoms with Gasteiger partial charge in [-0.3, -0.25) is 0 Å². The molecule has 1 aromatic carbocycles. The smallest absolute Gasteiger partial charge is 0.125 e. The van der Waals surface area contributed by atoms with Gasteiger partial charge >= 0.3 is 0 Å². The topological polar surface area (TPSA) is 24.9 Å². The van der Waals surface area contributed by atoms with Crippen LogP contribution in [0.4, 0.5) is 0 Å². The van der Waals surface area contributed by atoms with E-state index >= 15 is 0 Å². The van der Waals surface area contributed by atoms with Crippen LogP contribution in [0.2, 0.25) is 0 Å². The van der Waals surface area contributed by atoms with Crippen LogP contribution in [0.1, 0.15) is 17.7 Å². The molecule has 3 aromatic rings. The fourth-order valence-corrected chi connectivity index (χ4v) is 4.07. The summed E-state index contributed by atoms with van der Waals surface area (Å²) in [6.45, 7) is 0.927. The molecule has 1 aliphatic rings. The summed E-state index contributed by atoms with van der Waals surface area (Å²) in [6, 6.07) is 13.4. The number of hydrogen-bond donors (Lipinski definition) is 1. The van der Waals surface area contributed by atoms with Crippen LogP contribution in [0.25, 0.3) is 21.8 Å². The number of hydrogen-bond acceptors (Lipinski definition) is 4. The Bertz CT molecular complexity index is 713. The summed E-state index contributed by atoms with van der Waals surface area (Å²) in [5.41, 5.74) is 3.58. The molecule has 2 aromatic heterocycles. The minimum Gasteiger partial charge on any atom is -0.309 e. The van der Waals surface area contributed by atoms with E-state index < -0.39 is 0 Å². The Balaban J connectivity index is 1.71. The molecule has 1 fully saturated rings. The van der Waals surface area contributed by atoms with E-state index in [1.807, 2.05) is 11.3 Å². The largest absolute Gasteiger partial charge is 0.309 e. The number of rotatable bonds is 5. The molecule has 0 amide bonds. The first-order chi connectivity index (χ1) is 10.4. The standard InChI is InChI=1S/C17H16N2S2/c1-2-4-12(5-3-1)16-15(10-18-14-6-7-14)21-17(19-16)13-8-9-20-11-13/h1-5,8-9,11,14,18H,6-7,10H2. The minimum atomic E-state index is 0.723. The van der Waals surface area contributed by atoms with Gasteiger partial charge in [-0.1, -0.05) is 30.3 Å². The van der Waals surface area contributed by atoms with Gasteiger partial charge in [0.2, 0.25) is 0 Å². The van der Waals surface area contributed by atoms with Crippen molar-refractivity contribution in [1.29, 1.82) is 0 Å². The maximum atomic E-state index is 4.91. The first-order valence-electron chi connectivity index (χ1n) is 7.21. The third kappa shape index (κ3) is 2.93. The number of nitrogens with one attached hydrogen (secondary N) is 1. The number of thiophene rings is 1. The molecule has 1 aliphatic carbocycles. The van der Waals surface area contributed by atoms with Gasteiger partial charge in [-0.25, -0.2) is 4.98 Å². The van der Waals surface area contributed by atoms with Gasteiger partial charge in [-0.2, -0.15) is 11.3 Å². The van der Waals surface area contributed by atoms with Crippen molar-refractivity contribution in [2.24, 2.45) is 0 Å². The first-order valence-corrected chi connectivity index (χ1v) is 8.97. The summed E-state index contributed by atoms with van der Waals surface area (Å²) in [5.74, 6) is 0. The summed E-state index contributed by atoms with van der Waals surface area (Å²) in [6.07, 6.45) is 2.63. The van der Waals surface area contributed by atoms with Gasteiger partial charge < -0.3 is 5.32 Å². The predicted molar refractivity (Wildman–Crippen MR) is 90.7 cm³/mol. The van der Waals surface area contributed by atoms with Crippen molar-refractivity contribution in [2.45, 2.75) is 25.4 Å². The number of nitrogens with zero attached hydrogens (tertiary/aromatic N) is 1. The summed E-state index contributed by atoms with van der Waals surface area (Å²) in [4.78, 5) is 6.25. The second kappa shape index (κ2) is 5.72. The van der Waals surface area contributed by atoms with E-state index in [9.17, 15) is 0 Å². The third-order valence-electron chi connectivity index (χ3n) is 3.64. The molecule has 4 rings (SSSR count). The van der Waals surface area contributed by atoms with Crippen molar-refractivity contribution in [3.8, 4) is 21.8 Å². The third-order valence-corrected chi connectivity index (χ3v) is 5.43. The molecule has 2 heterocycles. The quantitative estimate of drug-likeness (QED) is 0.732. The molecule has 21 heavy (non-hydrogen) atoms. The lowest BCUT2D eigenvalue weighted by Gasteiger charge is -2.03. The Morgan fingerprint density at radius 3 is 2.67 bits per heavy atom. The molecule has 0 unspecified atom stereocenters. The highest BCUT2D eigenvalue weighted by Crippen LogP contribution is 2.35. The van der Waals surface area contributed by atoms with E-state index in [4.69, 9.17) is 4.98 Å². The molecule has 0 atom stereocenters. The highest BCUT2D eigenvalue weighted by molar-refractivity contribution is 7.16. The van der Waals surface area contributed by atoms with Crippen LogP contribution in [0.5, 0.6) is 0 Å². The predicted octanol–water partition coefficient (Wildman–Crippen LogP) is 4.79. The van der Waals surface area contributed by atoms with Gasteiger partial charge in [0, 0.05) is 34.0 Å². The van der Waals surface area contributed by atoms with Gasteiger partial charge in [0.15, 0.2) is 0 Å². The second-order valence-corrected chi connectivity index (χ2v) is 7.19. The van der Waals surface area contributed by atoms with Crippen molar-refractivity contribution >= 4 is 22.7 Å². The van der Waals surface area contributed by atoms with E-state index in [0.717, 1.165) is 23.3 Å². The molecule has 0 radical (unpaired) electrons. The van der Waals surface area contributed by atoms with Crippen molar-refractivity contribution in [3.63, 3.8) is 0 Å². The normalized spacial score (nSPS) is 14.5. The molecular weight excluding hydrogens is 296 g/mol. The van der Waals surface area contributed by atoms with Crippen molar-refractivity contribution in [1.82, 2.24) is 10.3 Å². The number of thiazole rings is 1. The van der Waals surface area contributed by atoms with Crippen LogP contribution in [-0.4, -0.2) is 11.0 Å². The Hall–Kier alpha value is -1.49. The van der Waals surface area contributed by atoms with Crippen LogP contribution in [0, 0.1) is 0 Å². The molecule has 106 valence electrons. The Kier molecular flexibility index (Phi) is 3.59. The molecule has 0 aliphatic heterocycles. The average molecular weight is 312 g/mol. The van der Waals surface area contributed by atoms with Crippen molar-refractivity contribution < 1.29 is 0 Å². The zero-order valence-corrected chi connectivity index (χ0v) is 13.2. The second-order valence-electron chi connectivity index (χ2n) is 5.32. The van der Waals surface area contributed by atoms with Crippen LogP contribution in [0.15, 0.2) is 47.2 Å². The molecule has 0 bridgehead atoms. The van der Waals surface area contributed by atoms with Gasteiger partial charge in [-0.15, -0.1) is 11.3 Å². The van der Waals surface area contributed by atoms with Gasteiger partial charge in [0.05, 0.1) is 5.69 Å². The lowest BCUT2D eigenvalue weighted by molar-refractivity contribution is 0.695. The van der Waals surface area contributed by atoms with E-state index in [0.29, 0.717) is 0 Å². The zero-order valence-electron chi connectivity index (χ0n) is 11.6. The summed E-state index contributed by atoms with van der Waals surface area (Å²) >= 11 is 3.54. The molecule has 2 nitrogen and oxygen atoms in total. The van der Waals surface area contributed by atoms with E-state index in [-0.39, 0.29) is 0 Å². The van der Waals surface area contributed by atoms with Crippen molar-refractivity contribution in [2.75, 3.05) is 0 Å². The Morgan fingerprint density at radius 2 is 1.95 bits per heavy atom. The molecule has 1 saturated carbocycles. The first kappa shape index (κ1) is 13.2. The Morgan fingerprint density at radius 1 is 1.10 bits per heavy atom. The Labute approximate surface area is 132 Å². The summed E-state index contributed by atoms with van der Waals surface area (Å²) in [7, 11) is 0. The molecule has 0 spiro atoms. The van der Waals surface area contributed by atoms with Gasteiger partial charge in [0.25, 0.3) is 0 Å². The number of benzene rings is 1. The summed E-state index contributed by atoms with van der Waals surface area (Å²) < 4.78 is 0. The van der Waals surface area contributed by atoms with Crippen molar-refractivity contribution in [3.05, 3.63) is 52.0 Å². The van der Waals surface area contributed by atoms with E-state index in [2.05, 4.69) is 52.5 Å². The van der Waals surface area contributed by atoms with Crippen LogP contribution >= 0.6 is 22.7 Å². The SMILES string of the molecule is c1ccc(-c2nc(-c3ccsc3)sc2CNC2CC2)cc1. The molecular formula is C17H16N2S2. The van der Waals surface area contributed by atoms with Gasteiger partial charge in [0.1, 0.15) is 5.01 Å². The fraction of sp³-hybridized carbons (Fsp3) is 0.235. The van der Waals surface area contributed by atoms with E-state index in [1.165, 1.54) is 28.8 Å². The van der Waals surface area contributed by atoms with Crippen LogP contribution in [0.3, 0.4) is 0 Å². The highest BCUT2D eigenvalue weighted by atomic mass is 32.1. The minimum absolute atomic E-state index is 0.723. The highest BCUT2D eigenvalue weighted by Gasteiger charge is 2.22. The lowest BCUT2D eigenvalue weighted by atomic mass is 10.1. The average Bonchev–Trinajstić information content (AvgIpc) is 3.03. The number of aromatic nitrogens is 1. The zero-order chi connectivity index (χ0) is 14.1.